The Morgan fingerprint density at radius 3 is 2.12 bits per heavy atom. The molecule has 1 atom stereocenters. The fourth-order valence-electron chi connectivity index (χ4n) is 4.72. The first-order valence-electron chi connectivity index (χ1n) is 13.8. The topological polar surface area (TPSA) is 86.8 Å². The molecule has 4 rings (SSSR count). The van der Waals surface area contributed by atoms with E-state index in [1.54, 1.807) is 38.1 Å². The van der Waals surface area contributed by atoms with Gasteiger partial charge in [-0.1, -0.05) is 72.3 Å². The summed E-state index contributed by atoms with van der Waals surface area (Å²) in [5.74, 6) is -1.42. The average molecular weight is 622 g/mol. The number of aryl methyl sites for hydroxylation is 1. The normalized spacial score (nSPS) is 11.9. The van der Waals surface area contributed by atoms with Crippen molar-refractivity contribution in [3.63, 3.8) is 0 Å². The van der Waals surface area contributed by atoms with E-state index in [1.165, 1.54) is 53.4 Å². The van der Waals surface area contributed by atoms with E-state index in [2.05, 4.69) is 5.32 Å². The molecule has 4 aromatic carbocycles. The molecule has 0 fully saturated rings. The number of sulfonamides is 1. The molecule has 10 heteroatoms. The molecule has 0 aliphatic rings. The number of benzene rings is 4. The second kappa shape index (κ2) is 14.3. The van der Waals surface area contributed by atoms with Crippen LogP contribution < -0.4 is 9.62 Å². The largest absolute Gasteiger partial charge is 0.355 e. The van der Waals surface area contributed by atoms with E-state index in [1.807, 2.05) is 30.3 Å². The number of rotatable bonds is 12. The van der Waals surface area contributed by atoms with Crippen LogP contribution in [0.5, 0.6) is 0 Å². The summed E-state index contributed by atoms with van der Waals surface area (Å²) in [6, 6.07) is 26.5. The predicted octanol–water partition coefficient (Wildman–Crippen LogP) is 5.76. The molecular weight excluding hydrogens is 589 g/mol. The molecule has 0 saturated carbocycles. The van der Waals surface area contributed by atoms with Crippen molar-refractivity contribution in [3.05, 3.63) is 131 Å². The first kappa shape index (κ1) is 31.7. The summed E-state index contributed by atoms with van der Waals surface area (Å²) in [5.41, 5.74) is 2.37. The SMILES string of the molecule is CCNC(=O)[C@@H](Cc1ccccc1)N(Cc1ccc(F)cc1)C(=O)CN(c1ccccc1C)S(=O)(=O)c1ccc(Cl)cc1. The lowest BCUT2D eigenvalue weighted by Gasteiger charge is -2.34. The number of likely N-dealkylation sites (N-methyl/N-ethyl adjacent to an activating group) is 1. The molecule has 0 radical (unpaired) electrons. The molecule has 0 aliphatic carbocycles. The first-order valence-corrected chi connectivity index (χ1v) is 15.6. The van der Waals surface area contributed by atoms with Gasteiger partial charge in [0, 0.05) is 24.5 Å². The van der Waals surface area contributed by atoms with Crippen LogP contribution in [0.1, 0.15) is 23.6 Å². The summed E-state index contributed by atoms with van der Waals surface area (Å²) in [7, 11) is -4.24. The number of anilines is 1. The second-order valence-electron chi connectivity index (χ2n) is 10.0. The molecule has 4 aromatic rings. The number of carbonyl (C=O) groups is 2. The molecule has 0 heterocycles. The molecule has 0 bridgehead atoms. The van der Waals surface area contributed by atoms with Gasteiger partial charge >= 0.3 is 0 Å². The van der Waals surface area contributed by atoms with E-state index < -0.39 is 34.3 Å². The third-order valence-electron chi connectivity index (χ3n) is 6.95. The van der Waals surface area contributed by atoms with Crippen molar-refractivity contribution < 1.29 is 22.4 Å². The highest BCUT2D eigenvalue weighted by Crippen LogP contribution is 2.28. The molecule has 0 unspecified atom stereocenters. The highest BCUT2D eigenvalue weighted by atomic mass is 35.5. The number of nitrogens with one attached hydrogen (secondary N) is 1. The predicted molar refractivity (Wildman–Crippen MR) is 167 cm³/mol. The number of halogens is 2. The Hall–Kier alpha value is -4.21. The van der Waals surface area contributed by atoms with E-state index >= 15 is 0 Å². The number of nitrogens with zero attached hydrogens (tertiary/aromatic N) is 2. The van der Waals surface area contributed by atoms with Crippen molar-refractivity contribution in [1.82, 2.24) is 10.2 Å². The molecule has 7 nitrogen and oxygen atoms in total. The number of hydrogen-bond donors (Lipinski definition) is 1. The lowest BCUT2D eigenvalue weighted by Crippen LogP contribution is -2.53. The summed E-state index contributed by atoms with van der Waals surface area (Å²) >= 11 is 6.02. The number of hydrogen-bond acceptors (Lipinski definition) is 4. The van der Waals surface area contributed by atoms with E-state index in [4.69, 9.17) is 11.6 Å². The minimum atomic E-state index is -4.24. The van der Waals surface area contributed by atoms with Crippen LogP contribution in [0.25, 0.3) is 0 Å². The zero-order chi connectivity index (χ0) is 31.0. The van der Waals surface area contributed by atoms with E-state index in [0.29, 0.717) is 28.4 Å². The van der Waals surface area contributed by atoms with Gasteiger partial charge in [-0.2, -0.15) is 0 Å². The van der Waals surface area contributed by atoms with Crippen LogP contribution in [0.4, 0.5) is 10.1 Å². The van der Waals surface area contributed by atoms with Crippen LogP contribution in [0, 0.1) is 12.7 Å². The van der Waals surface area contributed by atoms with E-state index in [9.17, 15) is 22.4 Å². The highest BCUT2D eigenvalue weighted by molar-refractivity contribution is 7.92. The zero-order valence-electron chi connectivity index (χ0n) is 23.9. The third-order valence-corrected chi connectivity index (χ3v) is 8.98. The minimum Gasteiger partial charge on any atom is -0.355 e. The van der Waals surface area contributed by atoms with Crippen LogP contribution in [0.15, 0.2) is 108 Å². The van der Waals surface area contributed by atoms with Crippen molar-refractivity contribution in [2.45, 2.75) is 37.8 Å². The van der Waals surface area contributed by atoms with Gasteiger partial charge in [0.1, 0.15) is 18.4 Å². The Balaban J connectivity index is 1.80. The van der Waals surface area contributed by atoms with Gasteiger partial charge in [0.25, 0.3) is 10.0 Å². The summed E-state index contributed by atoms with van der Waals surface area (Å²) in [4.78, 5) is 29.1. The Morgan fingerprint density at radius 1 is 0.860 bits per heavy atom. The van der Waals surface area contributed by atoms with Crippen LogP contribution in [0.2, 0.25) is 5.02 Å². The van der Waals surface area contributed by atoms with Gasteiger partial charge in [0.05, 0.1) is 10.6 Å². The monoisotopic (exact) mass is 621 g/mol. The molecule has 0 saturated heterocycles. The second-order valence-corrected chi connectivity index (χ2v) is 12.3. The maximum Gasteiger partial charge on any atom is 0.264 e. The quantitative estimate of drug-likeness (QED) is 0.218. The Kier molecular flexibility index (Phi) is 10.6. The van der Waals surface area contributed by atoms with Crippen molar-refractivity contribution >= 4 is 39.1 Å². The third kappa shape index (κ3) is 8.00. The molecule has 2 amide bonds. The van der Waals surface area contributed by atoms with Crippen LogP contribution >= 0.6 is 11.6 Å². The van der Waals surface area contributed by atoms with Gasteiger partial charge in [-0.25, -0.2) is 12.8 Å². The molecule has 43 heavy (non-hydrogen) atoms. The summed E-state index contributed by atoms with van der Waals surface area (Å²) in [6.45, 7) is 3.25. The molecule has 1 N–H and O–H groups in total. The summed E-state index contributed by atoms with van der Waals surface area (Å²) in [6.07, 6.45) is 0.188. The van der Waals surface area contributed by atoms with Crippen molar-refractivity contribution in [2.24, 2.45) is 0 Å². The zero-order valence-corrected chi connectivity index (χ0v) is 25.5. The highest BCUT2D eigenvalue weighted by Gasteiger charge is 2.34. The molecular formula is C33H33ClFN3O4S. The van der Waals surface area contributed by atoms with Crippen LogP contribution in [-0.4, -0.2) is 44.3 Å². The molecule has 0 aromatic heterocycles. The number of amides is 2. The van der Waals surface area contributed by atoms with Gasteiger partial charge in [-0.15, -0.1) is 0 Å². The smallest absolute Gasteiger partial charge is 0.264 e. The first-order chi connectivity index (χ1) is 20.6. The van der Waals surface area contributed by atoms with Gasteiger partial charge in [0.15, 0.2) is 0 Å². The fourth-order valence-corrected chi connectivity index (χ4v) is 6.33. The minimum absolute atomic E-state index is 0.0393. The lowest BCUT2D eigenvalue weighted by molar-refractivity contribution is -0.140. The molecule has 0 spiro atoms. The molecule has 0 aliphatic heterocycles. The van der Waals surface area contributed by atoms with Crippen molar-refractivity contribution in [2.75, 3.05) is 17.4 Å². The Morgan fingerprint density at radius 2 is 1.49 bits per heavy atom. The standard InChI is InChI=1S/C33H33ClFN3O4S/c1-3-36-33(40)31(21-25-10-5-4-6-11-25)37(22-26-13-17-28(35)18-14-26)32(39)23-38(30-12-8-7-9-24(30)2)43(41,42)29-19-15-27(34)16-20-29/h4-20,31H,3,21-23H2,1-2H3,(H,36,40)/t31-/m1/s1. The summed E-state index contributed by atoms with van der Waals surface area (Å²) < 4.78 is 42.9. The van der Waals surface area contributed by atoms with Crippen molar-refractivity contribution in [1.29, 1.82) is 0 Å². The van der Waals surface area contributed by atoms with E-state index in [-0.39, 0.29) is 23.8 Å². The van der Waals surface area contributed by atoms with Crippen LogP contribution in [-0.2, 0) is 32.6 Å². The average Bonchev–Trinajstić information content (AvgIpc) is 3.00. The number of carbonyl (C=O) groups excluding carboxylic acids is 2. The summed E-state index contributed by atoms with van der Waals surface area (Å²) in [5, 5.41) is 3.18. The number of para-hydroxylation sites is 1. The lowest BCUT2D eigenvalue weighted by atomic mass is 10.0. The maximum absolute atomic E-state index is 14.3. The van der Waals surface area contributed by atoms with E-state index in [0.717, 1.165) is 9.87 Å². The molecule has 224 valence electrons. The van der Waals surface area contributed by atoms with Gasteiger partial charge in [-0.05, 0) is 73.0 Å². The Labute approximate surface area is 257 Å². The van der Waals surface area contributed by atoms with Crippen LogP contribution in [0.3, 0.4) is 0 Å². The maximum atomic E-state index is 14.3. The fraction of sp³-hybridized carbons (Fsp3) is 0.212. The van der Waals surface area contributed by atoms with Gasteiger partial charge in [0.2, 0.25) is 11.8 Å². The Bertz CT molecular complexity index is 1650. The van der Waals surface area contributed by atoms with Crippen molar-refractivity contribution in [3.8, 4) is 0 Å². The van der Waals surface area contributed by atoms with Gasteiger partial charge in [-0.3, -0.25) is 13.9 Å². The van der Waals surface area contributed by atoms with Gasteiger partial charge < -0.3 is 10.2 Å².